The van der Waals surface area contributed by atoms with Crippen LogP contribution in [0.3, 0.4) is 0 Å². The van der Waals surface area contributed by atoms with Crippen LogP contribution >= 0.6 is 0 Å². The van der Waals surface area contributed by atoms with Gasteiger partial charge in [-0.2, -0.15) is 0 Å². The van der Waals surface area contributed by atoms with Crippen LogP contribution in [0.25, 0.3) is 0 Å². The fourth-order valence-electron chi connectivity index (χ4n) is 3.68. The highest BCUT2D eigenvalue weighted by atomic mass is 19.1. The highest BCUT2D eigenvalue weighted by Gasteiger charge is 2.31. The number of ether oxygens (including phenoxy) is 2. The van der Waals surface area contributed by atoms with E-state index in [2.05, 4.69) is 5.32 Å². The molecule has 3 aromatic carbocycles. The molecule has 2 amide bonds. The number of halogens is 1. The third kappa shape index (κ3) is 7.83. The van der Waals surface area contributed by atoms with Gasteiger partial charge in [0.2, 0.25) is 5.91 Å². The van der Waals surface area contributed by atoms with Crippen molar-refractivity contribution in [1.29, 1.82) is 0 Å². The van der Waals surface area contributed by atoms with Crippen molar-refractivity contribution in [3.05, 3.63) is 95.8 Å². The van der Waals surface area contributed by atoms with Crippen molar-refractivity contribution >= 4 is 11.8 Å². The first-order chi connectivity index (χ1) is 17.4. The van der Waals surface area contributed by atoms with Gasteiger partial charge in [0, 0.05) is 19.0 Å². The maximum atomic E-state index is 13.5. The fraction of sp³-hybridized carbons (Fsp3) is 0.310. The van der Waals surface area contributed by atoms with Crippen molar-refractivity contribution in [2.24, 2.45) is 0 Å². The third-order valence-corrected chi connectivity index (χ3v) is 5.96. The molecule has 0 fully saturated rings. The van der Waals surface area contributed by atoms with E-state index in [9.17, 15) is 14.0 Å². The summed E-state index contributed by atoms with van der Waals surface area (Å²) in [6.45, 7) is 3.80. The van der Waals surface area contributed by atoms with Crippen molar-refractivity contribution in [2.45, 2.75) is 45.3 Å². The molecule has 0 aliphatic heterocycles. The Morgan fingerprint density at radius 1 is 0.917 bits per heavy atom. The second-order valence-corrected chi connectivity index (χ2v) is 8.64. The number of amides is 2. The first-order valence-corrected chi connectivity index (χ1v) is 12.0. The van der Waals surface area contributed by atoms with E-state index in [0.717, 1.165) is 12.0 Å². The van der Waals surface area contributed by atoms with Gasteiger partial charge in [-0.3, -0.25) is 9.59 Å². The quantitative estimate of drug-likeness (QED) is 0.396. The summed E-state index contributed by atoms with van der Waals surface area (Å²) in [5, 5.41) is 3.02. The topological polar surface area (TPSA) is 67.9 Å². The van der Waals surface area contributed by atoms with Gasteiger partial charge in [0.05, 0.1) is 7.11 Å². The summed E-state index contributed by atoms with van der Waals surface area (Å²) < 4.78 is 24.4. The lowest BCUT2D eigenvalue weighted by molar-refractivity contribution is -0.143. The molecule has 6 nitrogen and oxygen atoms in total. The Hall–Kier alpha value is -3.87. The Kier molecular flexibility index (Phi) is 9.86. The summed E-state index contributed by atoms with van der Waals surface area (Å²) in [7, 11) is 1.57. The van der Waals surface area contributed by atoms with Crippen LogP contribution in [0.1, 0.15) is 31.4 Å². The number of carbonyl (C=O) groups is 2. The maximum Gasteiger partial charge on any atom is 0.261 e. The lowest BCUT2D eigenvalue weighted by Crippen LogP contribution is -2.53. The number of hydrogen-bond acceptors (Lipinski definition) is 4. The van der Waals surface area contributed by atoms with Gasteiger partial charge in [-0.25, -0.2) is 4.39 Å². The van der Waals surface area contributed by atoms with Crippen LogP contribution in [0.5, 0.6) is 11.5 Å². The zero-order chi connectivity index (χ0) is 25.9. The lowest BCUT2D eigenvalue weighted by Gasteiger charge is -2.32. The number of nitrogens with one attached hydrogen (secondary N) is 1. The van der Waals surface area contributed by atoms with Crippen molar-refractivity contribution in [3.63, 3.8) is 0 Å². The van der Waals surface area contributed by atoms with E-state index in [1.165, 1.54) is 17.0 Å². The summed E-state index contributed by atoms with van der Waals surface area (Å²) in [6.07, 6.45) is 1.09. The van der Waals surface area contributed by atoms with E-state index in [4.69, 9.17) is 9.47 Å². The Bertz CT molecular complexity index is 1100. The van der Waals surface area contributed by atoms with Crippen LogP contribution in [-0.2, 0) is 22.6 Å². The molecule has 0 aliphatic rings. The number of benzene rings is 3. The average Bonchev–Trinajstić information content (AvgIpc) is 2.91. The molecule has 0 saturated carbocycles. The first kappa shape index (κ1) is 26.7. The monoisotopic (exact) mass is 492 g/mol. The summed E-state index contributed by atoms with van der Waals surface area (Å²) in [5.74, 6) is 0.226. The third-order valence-electron chi connectivity index (χ3n) is 5.96. The zero-order valence-corrected chi connectivity index (χ0v) is 20.9. The van der Waals surface area contributed by atoms with Crippen molar-refractivity contribution in [1.82, 2.24) is 10.2 Å². The molecule has 7 heteroatoms. The Morgan fingerprint density at radius 2 is 1.56 bits per heavy atom. The molecule has 0 bridgehead atoms. The standard InChI is InChI=1S/C29H33FN2O4/c1-4-21(2)31-29(34)27(18-22-8-6-5-7-9-22)32(19-23-10-12-24(30)13-11-23)28(33)20-36-26-16-14-25(35-3)15-17-26/h5-17,21,27H,4,18-20H2,1-3H3,(H,31,34). The van der Waals surface area contributed by atoms with E-state index < -0.39 is 6.04 Å². The van der Waals surface area contributed by atoms with Crippen LogP contribution in [0, 0.1) is 5.82 Å². The SMILES string of the molecule is CCC(C)NC(=O)C(Cc1ccccc1)N(Cc1ccc(F)cc1)C(=O)COc1ccc(OC)cc1. The van der Waals surface area contributed by atoms with Crippen LogP contribution in [0.15, 0.2) is 78.9 Å². The molecular formula is C29H33FN2O4. The van der Waals surface area contributed by atoms with Crippen LogP contribution in [0.2, 0.25) is 0 Å². The van der Waals surface area contributed by atoms with E-state index in [-0.39, 0.29) is 36.8 Å². The number of carbonyl (C=O) groups excluding carboxylic acids is 2. The molecule has 2 unspecified atom stereocenters. The molecule has 0 aromatic heterocycles. The summed E-state index contributed by atoms with van der Waals surface area (Å²) in [4.78, 5) is 28.5. The molecular weight excluding hydrogens is 459 g/mol. The Labute approximate surface area is 212 Å². The molecule has 0 saturated heterocycles. The van der Waals surface area contributed by atoms with Gasteiger partial charge in [0.1, 0.15) is 23.4 Å². The van der Waals surface area contributed by atoms with Crippen molar-refractivity contribution in [2.75, 3.05) is 13.7 Å². The molecule has 0 spiro atoms. The second-order valence-electron chi connectivity index (χ2n) is 8.64. The van der Waals surface area contributed by atoms with Crippen LogP contribution in [-0.4, -0.2) is 42.5 Å². The first-order valence-electron chi connectivity index (χ1n) is 12.0. The number of methoxy groups -OCH3 is 1. The number of hydrogen-bond donors (Lipinski definition) is 1. The molecule has 0 aliphatic carbocycles. The van der Waals surface area contributed by atoms with Gasteiger partial charge in [0.15, 0.2) is 6.61 Å². The number of rotatable bonds is 12. The molecule has 190 valence electrons. The predicted molar refractivity (Wildman–Crippen MR) is 137 cm³/mol. The van der Waals surface area contributed by atoms with Gasteiger partial charge in [-0.05, 0) is 60.9 Å². The molecule has 2 atom stereocenters. The minimum Gasteiger partial charge on any atom is -0.497 e. The van der Waals surface area contributed by atoms with Crippen LogP contribution in [0.4, 0.5) is 4.39 Å². The van der Waals surface area contributed by atoms with E-state index in [1.54, 1.807) is 43.5 Å². The normalized spacial score (nSPS) is 12.3. The summed E-state index contributed by atoms with van der Waals surface area (Å²) in [6, 6.07) is 21.6. The summed E-state index contributed by atoms with van der Waals surface area (Å²) in [5.41, 5.74) is 1.64. The average molecular weight is 493 g/mol. The Morgan fingerprint density at radius 3 is 2.17 bits per heavy atom. The lowest BCUT2D eigenvalue weighted by atomic mass is 10.0. The van der Waals surface area contributed by atoms with Crippen molar-refractivity contribution in [3.8, 4) is 11.5 Å². The second kappa shape index (κ2) is 13.3. The van der Waals surface area contributed by atoms with Gasteiger partial charge in [-0.1, -0.05) is 49.4 Å². The minimum absolute atomic E-state index is 0.0471. The van der Waals surface area contributed by atoms with Gasteiger partial charge >= 0.3 is 0 Å². The fourth-order valence-corrected chi connectivity index (χ4v) is 3.68. The summed E-state index contributed by atoms with van der Waals surface area (Å²) >= 11 is 0. The highest BCUT2D eigenvalue weighted by molar-refractivity contribution is 5.88. The maximum absolute atomic E-state index is 13.5. The molecule has 0 radical (unpaired) electrons. The highest BCUT2D eigenvalue weighted by Crippen LogP contribution is 2.19. The molecule has 0 heterocycles. The van der Waals surface area contributed by atoms with E-state index >= 15 is 0 Å². The van der Waals surface area contributed by atoms with Gasteiger partial charge < -0.3 is 19.7 Å². The predicted octanol–water partition coefficient (Wildman–Crippen LogP) is 4.77. The van der Waals surface area contributed by atoms with Gasteiger partial charge in [0.25, 0.3) is 5.91 Å². The zero-order valence-electron chi connectivity index (χ0n) is 20.9. The van der Waals surface area contributed by atoms with Gasteiger partial charge in [-0.15, -0.1) is 0 Å². The van der Waals surface area contributed by atoms with E-state index in [1.807, 2.05) is 44.2 Å². The molecule has 3 rings (SSSR count). The molecule has 1 N–H and O–H groups in total. The smallest absolute Gasteiger partial charge is 0.261 e. The van der Waals surface area contributed by atoms with E-state index in [0.29, 0.717) is 23.5 Å². The number of nitrogens with zero attached hydrogens (tertiary/aromatic N) is 1. The molecule has 3 aromatic rings. The largest absolute Gasteiger partial charge is 0.497 e. The van der Waals surface area contributed by atoms with Crippen LogP contribution < -0.4 is 14.8 Å². The van der Waals surface area contributed by atoms with Crippen molar-refractivity contribution < 1.29 is 23.5 Å². The molecule has 36 heavy (non-hydrogen) atoms. The minimum atomic E-state index is -0.779. The Balaban J connectivity index is 1.88.